The molecule has 0 amide bonds. The van der Waals surface area contributed by atoms with E-state index < -0.39 is 10.9 Å². The number of ether oxygens (including phenoxy) is 1. The summed E-state index contributed by atoms with van der Waals surface area (Å²) in [5, 5.41) is 6.77. The van der Waals surface area contributed by atoms with Crippen LogP contribution in [-0.2, 0) is 17.4 Å². The minimum absolute atomic E-state index is 0.145. The van der Waals surface area contributed by atoms with E-state index in [1.807, 2.05) is 36.4 Å². The Hall–Kier alpha value is -3.16. The summed E-state index contributed by atoms with van der Waals surface area (Å²) in [4.78, 5) is 16.4. The lowest BCUT2D eigenvalue weighted by Crippen LogP contribution is -2.53. The van der Waals surface area contributed by atoms with Gasteiger partial charge in [0, 0.05) is 56.2 Å². The fourth-order valence-electron chi connectivity index (χ4n) is 5.39. The summed E-state index contributed by atoms with van der Waals surface area (Å²) in [6.07, 6.45) is 4.02. The molecule has 3 heterocycles. The summed E-state index contributed by atoms with van der Waals surface area (Å²) in [5.74, 6) is 1.42. The Morgan fingerprint density at radius 1 is 1.00 bits per heavy atom. The third-order valence-corrected chi connectivity index (χ3v) is 8.42. The predicted molar refractivity (Wildman–Crippen MR) is 165 cm³/mol. The monoisotopic (exact) mass is 600 g/mol. The van der Waals surface area contributed by atoms with Crippen LogP contribution in [0.4, 0.5) is 28.8 Å². The predicted octanol–water partition coefficient (Wildman–Crippen LogP) is 3.46. The molecule has 0 saturated carbocycles. The van der Waals surface area contributed by atoms with E-state index in [-0.39, 0.29) is 6.54 Å². The van der Waals surface area contributed by atoms with E-state index >= 15 is 0 Å². The molecule has 0 bridgehead atoms. The van der Waals surface area contributed by atoms with Gasteiger partial charge in [0.2, 0.25) is 16.8 Å². The van der Waals surface area contributed by atoms with Crippen molar-refractivity contribution in [3.63, 3.8) is 0 Å². The van der Waals surface area contributed by atoms with Crippen LogP contribution in [0.15, 0.2) is 48.7 Å². The summed E-state index contributed by atoms with van der Waals surface area (Å²) in [5.41, 5.74) is 3.29. The van der Waals surface area contributed by atoms with Crippen LogP contribution in [-0.4, -0.2) is 87.7 Å². The largest absolute Gasteiger partial charge is 0.494 e. The van der Waals surface area contributed by atoms with Gasteiger partial charge in [-0.2, -0.15) is 4.98 Å². The van der Waals surface area contributed by atoms with Crippen LogP contribution in [0, 0.1) is 0 Å². The lowest BCUT2D eigenvalue weighted by Gasteiger charge is -2.43. The minimum atomic E-state index is -2.71. The van der Waals surface area contributed by atoms with E-state index in [1.165, 1.54) is 32.1 Å². The topological polar surface area (TPSA) is 115 Å². The second kappa shape index (κ2) is 13.7. The number of para-hydroxylation sites is 1. The van der Waals surface area contributed by atoms with Crippen molar-refractivity contribution in [2.24, 2.45) is 0 Å². The molecule has 13 heteroatoms. The Labute approximate surface area is 247 Å². The summed E-state index contributed by atoms with van der Waals surface area (Å²) < 4.78 is 30.1. The van der Waals surface area contributed by atoms with E-state index in [1.54, 1.807) is 7.11 Å². The first kappa shape index (κ1) is 29.3. The van der Waals surface area contributed by atoms with Gasteiger partial charge in [-0.15, -0.1) is 0 Å². The van der Waals surface area contributed by atoms with E-state index in [0.717, 1.165) is 43.1 Å². The summed E-state index contributed by atoms with van der Waals surface area (Å²) in [7, 11) is 1.15. The second-order valence-corrected chi connectivity index (χ2v) is 11.6. The average Bonchev–Trinajstić information content (AvgIpc) is 2.99. The SMILES string of the molecule is COc1cc(N2CCN(C3CCN(C)CC3)CC2)ccc1Nc1ncc(Cl)c(Nc2ccccc2CN[SH](=O)=O)n1. The molecule has 1 aromatic heterocycles. The molecule has 41 heavy (non-hydrogen) atoms. The molecular weight excluding hydrogens is 564 g/mol. The van der Waals surface area contributed by atoms with Crippen molar-refractivity contribution in [3.05, 3.63) is 59.2 Å². The smallest absolute Gasteiger partial charge is 0.229 e. The van der Waals surface area contributed by atoms with Gasteiger partial charge in [0.15, 0.2) is 5.82 Å². The molecule has 0 aliphatic carbocycles. The first-order valence-corrected chi connectivity index (χ1v) is 15.3. The van der Waals surface area contributed by atoms with Gasteiger partial charge >= 0.3 is 0 Å². The lowest BCUT2D eigenvalue weighted by atomic mass is 10.0. The van der Waals surface area contributed by atoms with Crippen molar-refractivity contribution in [1.82, 2.24) is 24.5 Å². The highest BCUT2D eigenvalue weighted by Crippen LogP contribution is 2.33. The third kappa shape index (κ3) is 7.57. The first-order chi connectivity index (χ1) is 19.9. The van der Waals surface area contributed by atoms with Crippen molar-refractivity contribution >= 4 is 51.3 Å². The number of aromatic nitrogens is 2. The number of hydrogen-bond acceptors (Lipinski definition) is 10. The highest BCUT2D eigenvalue weighted by molar-refractivity contribution is 7.70. The van der Waals surface area contributed by atoms with Crippen LogP contribution in [0.1, 0.15) is 18.4 Å². The third-order valence-electron chi connectivity index (χ3n) is 7.73. The van der Waals surface area contributed by atoms with Crippen LogP contribution in [0.5, 0.6) is 5.75 Å². The molecule has 3 aromatic rings. The van der Waals surface area contributed by atoms with Crippen LogP contribution in [0.2, 0.25) is 5.02 Å². The number of anilines is 5. The number of hydrogen-bond donors (Lipinski definition) is 4. The van der Waals surface area contributed by atoms with Crippen molar-refractivity contribution in [1.29, 1.82) is 0 Å². The zero-order valence-corrected chi connectivity index (χ0v) is 25.0. The number of nitrogens with one attached hydrogen (secondary N) is 3. The number of halogens is 1. The molecular formula is C28H37ClN8O3S. The van der Waals surface area contributed by atoms with E-state index in [0.29, 0.717) is 34.3 Å². The summed E-state index contributed by atoms with van der Waals surface area (Å²) in [6, 6.07) is 14.1. The Balaban J connectivity index is 1.25. The molecule has 0 spiro atoms. The molecule has 220 valence electrons. The Morgan fingerprint density at radius 3 is 2.49 bits per heavy atom. The van der Waals surface area contributed by atoms with Crippen molar-refractivity contribution in [3.8, 4) is 5.75 Å². The zero-order chi connectivity index (χ0) is 28.8. The van der Waals surface area contributed by atoms with Crippen molar-refractivity contribution in [2.75, 3.05) is 69.0 Å². The number of piperidine rings is 1. The van der Waals surface area contributed by atoms with Gasteiger partial charge in [0.1, 0.15) is 10.8 Å². The van der Waals surface area contributed by atoms with E-state index in [2.05, 4.69) is 53.1 Å². The van der Waals surface area contributed by atoms with Crippen molar-refractivity contribution < 1.29 is 13.2 Å². The van der Waals surface area contributed by atoms with Gasteiger partial charge in [-0.3, -0.25) is 4.90 Å². The Kier molecular flexibility index (Phi) is 9.78. The summed E-state index contributed by atoms with van der Waals surface area (Å²) in [6.45, 7) is 6.62. The minimum Gasteiger partial charge on any atom is -0.494 e. The average molecular weight is 601 g/mol. The number of rotatable bonds is 10. The standard InChI is InChI=1S/C28H37ClN8O3S/c1-35-11-9-21(10-12-35)36-13-15-37(16-14-36)22-7-8-25(26(17-22)40-2)33-28-30-19-23(29)27(34-28)32-24-6-4-3-5-20(24)18-31-41(38)39/h3-8,17,19,21,41H,9-16,18H2,1-2H3,(H,31,38,39)(H2,30,32,33,34). The molecule has 11 nitrogen and oxygen atoms in total. The Morgan fingerprint density at radius 2 is 1.76 bits per heavy atom. The molecule has 2 aromatic carbocycles. The van der Waals surface area contributed by atoms with Gasteiger partial charge in [0.05, 0.1) is 19.0 Å². The molecule has 0 radical (unpaired) electrons. The lowest BCUT2D eigenvalue weighted by molar-refractivity contribution is 0.115. The van der Waals surface area contributed by atoms with Crippen molar-refractivity contribution in [2.45, 2.75) is 25.4 Å². The zero-order valence-electron chi connectivity index (χ0n) is 23.3. The molecule has 2 fully saturated rings. The van der Waals surface area contributed by atoms with Gasteiger partial charge in [-0.05, 0) is 56.7 Å². The molecule has 5 rings (SSSR count). The van der Waals surface area contributed by atoms with Crippen LogP contribution >= 0.6 is 11.6 Å². The number of benzene rings is 2. The van der Waals surface area contributed by atoms with E-state index in [9.17, 15) is 8.42 Å². The quantitative estimate of drug-likeness (QED) is 0.258. The van der Waals surface area contributed by atoms with Crippen LogP contribution in [0.25, 0.3) is 0 Å². The number of likely N-dealkylation sites (tertiary alicyclic amines) is 1. The first-order valence-electron chi connectivity index (χ1n) is 13.8. The molecule has 0 unspecified atom stereocenters. The molecule has 2 aliphatic heterocycles. The van der Waals surface area contributed by atoms with Gasteiger partial charge < -0.3 is 25.2 Å². The normalized spacial score (nSPS) is 17.1. The second-order valence-electron chi connectivity index (χ2n) is 10.3. The van der Waals surface area contributed by atoms with Gasteiger partial charge in [0.25, 0.3) is 0 Å². The number of thiol groups is 1. The maximum absolute atomic E-state index is 11.0. The number of piperazine rings is 1. The van der Waals surface area contributed by atoms with Crippen LogP contribution in [0.3, 0.4) is 0 Å². The van der Waals surface area contributed by atoms with Crippen LogP contribution < -0.4 is 25.0 Å². The fraction of sp³-hybridized carbons (Fsp3) is 0.429. The fourth-order valence-corrected chi connectivity index (χ4v) is 5.83. The number of methoxy groups -OCH3 is 1. The highest BCUT2D eigenvalue weighted by atomic mass is 35.5. The molecule has 3 N–H and O–H groups in total. The molecule has 2 saturated heterocycles. The van der Waals surface area contributed by atoms with E-state index in [4.69, 9.17) is 16.3 Å². The Bertz CT molecular complexity index is 1400. The van der Waals surface area contributed by atoms with Gasteiger partial charge in [-0.1, -0.05) is 29.8 Å². The molecule has 2 aliphatic rings. The van der Waals surface area contributed by atoms with Gasteiger partial charge in [-0.25, -0.2) is 18.1 Å². The summed E-state index contributed by atoms with van der Waals surface area (Å²) >= 11 is 6.40. The maximum atomic E-state index is 11.0. The maximum Gasteiger partial charge on any atom is 0.229 e. The number of nitrogens with zero attached hydrogens (tertiary/aromatic N) is 5. The molecule has 0 atom stereocenters. The highest BCUT2D eigenvalue weighted by Gasteiger charge is 2.27.